The summed E-state index contributed by atoms with van der Waals surface area (Å²) in [7, 11) is 1.56. The number of carbonyl (C=O) groups excluding carboxylic acids is 1. The first-order valence-corrected chi connectivity index (χ1v) is 8.67. The number of nitriles is 1. The van der Waals surface area contributed by atoms with Crippen molar-refractivity contribution in [2.75, 3.05) is 20.3 Å². The average Bonchev–Trinajstić information content (AvgIpc) is 2.67. The molecule has 2 aromatic carbocycles. The van der Waals surface area contributed by atoms with Crippen molar-refractivity contribution in [2.45, 2.75) is 26.8 Å². The van der Waals surface area contributed by atoms with Crippen LogP contribution in [0, 0.1) is 25.2 Å². The van der Waals surface area contributed by atoms with Crippen LogP contribution in [0.1, 0.15) is 23.1 Å². The second kappa shape index (κ2) is 10.1. The summed E-state index contributed by atoms with van der Waals surface area (Å²) in [6.45, 7) is 5.20. The summed E-state index contributed by atoms with van der Waals surface area (Å²) < 4.78 is 16.9. The molecule has 0 radical (unpaired) electrons. The van der Waals surface area contributed by atoms with Crippen LogP contribution in [0.3, 0.4) is 0 Å². The summed E-state index contributed by atoms with van der Waals surface area (Å²) in [5.74, 6) is 1.73. The summed E-state index contributed by atoms with van der Waals surface area (Å²) in [6.07, 6.45) is -0.154. The van der Waals surface area contributed by atoms with Gasteiger partial charge in [-0.3, -0.25) is 4.79 Å². The minimum absolute atomic E-state index is 0.154. The minimum atomic E-state index is -0.305. The van der Waals surface area contributed by atoms with E-state index in [9.17, 15) is 4.79 Å². The second-order valence-corrected chi connectivity index (χ2v) is 5.99. The second-order valence-electron chi connectivity index (χ2n) is 5.99. The van der Waals surface area contributed by atoms with Crippen LogP contribution in [-0.2, 0) is 11.3 Å². The Morgan fingerprint density at radius 3 is 2.52 bits per heavy atom. The number of methoxy groups -OCH3 is 1. The van der Waals surface area contributed by atoms with Crippen molar-refractivity contribution in [1.29, 1.82) is 5.26 Å². The number of ether oxygens (including phenoxy) is 3. The monoisotopic (exact) mass is 368 g/mol. The molecule has 2 aromatic rings. The number of amides is 1. The highest BCUT2D eigenvalue weighted by atomic mass is 16.5. The van der Waals surface area contributed by atoms with Gasteiger partial charge in [0.25, 0.3) is 0 Å². The summed E-state index contributed by atoms with van der Waals surface area (Å²) in [6, 6.07) is 13.2. The fraction of sp³-hybridized carbons (Fsp3) is 0.333. The fourth-order valence-corrected chi connectivity index (χ4v) is 2.46. The SMILES string of the molecule is COc1cc(CNC(=O)CC#N)ccc1OCCOc1cccc(C)c1C. The first-order valence-electron chi connectivity index (χ1n) is 8.67. The van der Waals surface area contributed by atoms with Gasteiger partial charge in [-0.05, 0) is 48.7 Å². The molecule has 0 fully saturated rings. The van der Waals surface area contributed by atoms with Gasteiger partial charge in [0.2, 0.25) is 5.91 Å². The predicted octanol–water partition coefficient (Wildman–Crippen LogP) is 3.30. The number of aryl methyl sites for hydroxylation is 1. The fourth-order valence-electron chi connectivity index (χ4n) is 2.46. The van der Waals surface area contributed by atoms with Gasteiger partial charge in [0.1, 0.15) is 25.4 Å². The van der Waals surface area contributed by atoms with Crippen molar-refractivity contribution in [3.63, 3.8) is 0 Å². The Bertz CT molecular complexity index is 827. The lowest BCUT2D eigenvalue weighted by atomic mass is 10.1. The molecule has 2 rings (SSSR count). The van der Waals surface area contributed by atoms with Gasteiger partial charge in [0, 0.05) is 6.54 Å². The lowest BCUT2D eigenvalue weighted by Crippen LogP contribution is -2.21. The first-order chi connectivity index (χ1) is 13.0. The normalized spacial score (nSPS) is 10.0. The third kappa shape index (κ3) is 5.93. The van der Waals surface area contributed by atoms with E-state index in [2.05, 4.69) is 5.32 Å². The highest BCUT2D eigenvalue weighted by molar-refractivity contribution is 5.77. The van der Waals surface area contributed by atoms with E-state index in [1.807, 2.05) is 44.2 Å². The predicted molar refractivity (Wildman–Crippen MR) is 102 cm³/mol. The van der Waals surface area contributed by atoms with Crippen molar-refractivity contribution >= 4 is 5.91 Å². The standard InChI is InChI=1S/C21H24N2O4/c1-15-5-4-6-18(16(15)2)26-11-12-27-19-8-7-17(13-20(19)25-3)14-23-21(24)9-10-22/h4-8,13H,9,11-12,14H2,1-3H3,(H,23,24). The molecule has 27 heavy (non-hydrogen) atoms. The van der Waals surface area contributed by atoms with Crippen LogP contribution in [0.2, 0.25) is 0 Å². The van der Waals surface area contributed by atoms with Gasteiger partial charge in [-0.15, -0.1) is 0 Å². The Kier molecular flexibility index (Phi) is 7.50. The maximum atomic E-state index is 11.4. The number of hydrogen-bond acceptors (Lipinski definition) is 5. The van der Waals surface area contributed by atoms with Crippen LogP contribution in [0.25, 0.3) is 0 Å². The number of carbonyl (C=O) groups is 1. The molecule has 0 heterocycles. The van der Waals surface area contributed by atoms with E-state index < -0.39 is 0 Å². The van der Waals surface area contributed by atoms with E-state index in [-0.39, 0.29) is 12.3 Å². The molecular formula is C21H24N2O4. The molecule has 0 atom stereocenters. The largest absolute Gasteiger partial charge is 0.493 e. The van der Waals surface area contributed by atoms with E-state index in [4.69, 9.17) is 19.5 Å². The molecule has 1 amide bonds. The lowest BCUT2D eigenvalue weighted by molar-refractivity contribution is -0.120. The van der Waals surface area contributed by atoms with E-state index in [1.165, 1.54) is 5.56 Å². The van der Waals surface area contributed by atoms with Gasteiger partial charge < -0.3 is 19.5 Å². The number of rotatable bonds is 9. The molecule has 0 bridgehead atoms. The number of nitrogens with zero attached hydrogens (tertiary/aromatic N) is 1. The molecule has 0 aliphatic heterocycles. The molecule has 0 spiro atoms. The van der Waals surface area contributed by atoms with Crippen molar-refractivity contribution in [3.8, 4) is 23.3 Å². The lowest BCUT2D eigenvalue weighted by Gasteiger charge is -2.14. The Morgan fingerprint density at radius 2 is 1.81 bits per heavy atom. The maximum absolute atomic E-state index is 11.4. The van der Waals surface area contributed by atoms with Crippen LogP contribution in [-0.4, -0.2) is 26.2 Å². The van der Waals surface area contributed by atoms with E-state index in [1.54, 1.807) is 19.2 Å². The summed E-state index contributed by atoms with van der Waals surface area (Å²) in [5, 5.41) is 11.2. The Balaban J connectivity index is 1.88. The van der Waals surface area contributed by atoms with E-state index >= 15 is 0 Å². The van der Waals surface area contributed by atoms with E-state index in [0.29, 0.717) is 31.3 Å². The third-order valence-electron chi connectivity index (χ3n) is 4.11. The highest BCUT2D eigenvalue weighted by Crippen LogP contribution is 2.28. The molecule has 0 aromatic heterocycles. The summed E-state index contributed by atoms with van der Waals surface area (Å²) in [5.41, 5.74) is 3.17. The topological polar surface area (TPSA) is 80.6 Å². The molecule has 0 saturated heterocycles. The van der Waals surface area contributed by atoms with Crippen LogP contribution >= 0.6 is 0 Å². The molecule has 0 saturated carbocycles. The molecule has 1 N–H and O–H groups in total. The van der Waals surface area contributed by atoms with Crippen LogP contribution < -0.4 is 19.5 Å². The zero-order valence-corrected chi connectivity index (χ0v) is 15.9. The van der Waals surface area contributed by atoms with Crippen LogP contribution in [0.4, 0.5) is 0 Å². The first kappa shape index (κ1) is 20.1. The quantitative estimate of drug-likeness (QED) is 0.687. The summed E-state index contributed by atoms with van der Waals surface area (Å²) >= 11 is 0. The number of hydrogen-bond donors (Lipinski definition) is 1. The molecule has 0 aliphatic rings. The van der Waals surface area contributed by atoms with Gasteiger partial charge >= 0.3 is 0 Å². The van der Waals surface area contributed by atoms with Gasteiger partial charge in [-0.25, -0.2) is 0 Å². The van der Waals surface area contributed by atoms with Crippen molar-refractivity contribution in [2.24, 2.45) is 0 Å². The number of nitrogens with one attached hydrogen (secondary N) is 1. The Hall–Kier alpha value is -3.20. The number of benzene rings is 2. The van der Waals surface area contributed by atoms with Gasteiger partial charge in [-0.1, -0.05) is 18.2 Å². The zero-order chi connectivity index (χ0) is 19.6. The molecule has 142 valence electrons. The van der Waals surface area contributed by atoms with Crippen LogP contribution in [0.5, 0.6) is 17.2 Å². The zero-order valence-electron chi connectivity index (χ0n) is 15.9. The molecular weight excluding hydrogens is 344 g/mol. The molecule has 6 nitrogen and oxygen atoms in total. The molecule has 6 heteroatoms. The molecule has 0 aliphatic carbocycles. The Labute approximate surface area is 159 Å². The molecule has 0 unspecified atom stereocenters. The van der Waals surface area contributed by atoms with Crippen molar-refractivity contribution < 1.29 is 19.0 Å². The maximum Gasteiger partial charge on any atom is 0.234 e. The third-order valence-corrected chi connectivity index (χ3v) is 4.11. The van der Waals surface area contributed by atoms with Crippen molar-refractivity contribution in [3.05, 3.63) is 53.1 Å². The van der Waals surface area contributed by atoms with Crippen molar-refractivity contribution in [1.82, 2.24) is 5.32 Å². The minimum Gasteiger partial charge on any atom is -0.493 e. The van der Waals surface area contributed by atoms with Gasteiger partial charge in [0.05, 0.1) is 13.2 Å². The van der Waals surface area contributed by atoms with Crippen LogP contribution in [0.15, 0.2) is 36.4 Å². The summed E-state index contributed by atoms with van der Waals surface area (Å²) in [4.78, 5) is 11.4. The smallest absolute Gasteiger partial charge is 0.234 e. The highest BCUT2D eigenvalue weighted by Gasteiger charge is 2.08. The van der Waals surface area contributed by atoms with Gasteiger partial charge in [0.15, 0.2) is 11.5 Å². The van der Waals surface area contributed by atoms with Gasteiger partial charge in [-0.2, -0.15) is 5.26 Å². The van der Waals surface area contributed by atoms with E-state index in [0.717, 1.165) is 16.9 Å². The average molecular weight is 368 g/mol. The Morgan fingerprint density at radius 1 is 1.07 bits per heavy atom.